The van der Waals surface area contributed by atoms with Crippen molar-refractivity contribution < 1.29 is 19.4 Å². The third-order valence-electron chi connectivity index (χ3n) is 0.715. The van der Waals surface area contributed by atoms with Crippen LogP contribution >= 0.6 is 0 Å². The van der Waals surface area contributed by atoms with Crippen molar-refractivity contribution >= 4 is 5.97 Å². The van der Waals surface area contributed by atoms with Crippen LogP contribution in [0.25, 0.3) is 0 Å². The van der Waals surface area contributed by atoms with E-state index in [4.69, 9.17) is 9.84 Å². The first-order valence-corrected chi connectivity index (χ1v) is 3.00. The Morgan fingerprint density at radius 1 is 1.70 bits per heavy atom. The van der Waals surface area contributed by atoms with Crippen molar-refractivity contribution in [2.45, 2.75) is 6.92 Å². The SMILES string of the molecule is CCOC[CH]OCC(=O)O. The van der Waals surface area contributed by atoms with Crippen LogP contribution in [0.15, 0.2) is 0 Å². The molecule has 1 N–H and O–H groups in total. The van der Waals surface area contributed by atoms with Crippen molar-refractivity contribution in [3.8, 4) is 0 Å². The molecule has 0 unspecified atom stereocenters. The van der Waals surface area contributed by atoms with E-state index in [1.807, 2.05) is 6.92 Å². The van der Waals surface area contributed by atoms with E-state index < -0.39 is 5.97 Å². The monoisotopic (exact) mass is 147 g/mol. The molecule has 0 amide bonds. The van der Waals surface area contributed by atoms with Gasteiger partial charge in [0.1, 0.15) is 13.2 Å². The minimum Gasteiger partial charge on any atom is -0.480 e. The molecule has 0 aromatic heterocycles. The minimum absolute atomic E-state index is 0.299. The van der Waals surface area contributed by atoms with Crippen LogP contribution in [0.1, 0.15) is 6.92 Å². The molecule has 4 nitrogen and oxygen atoms in total. The molecule has 0 aliphatic rings. The first-order valence-electron chi connectivity index (χ1n) is 3.00. The van der Waals surface area contributed by atoms with E-state index in [1.54, 1.807) is 0 Å². The van der Waals surface area contributed by atoms with Gasteiger partial charge < -0.3 is 14.6 Å². The van der Waals surface area contributed by atoms with Gasteiger partial charge in [-0.05, 0) is 6.92 Å². The third-order valence-corrected chi connectivity index (χ3v) is 0.715. The van der Waals surface area contributed by atoms with Crippen LogP contribution in [0.2, 0.25) is 0 Å². The van der Waals surface area contributed by atoms with Gasteiger partial charge in [0.05, 0.1) is 6.61 Å². The Morgan fingerprint density at radius 2 is 2.40 bits per heavy atom. The highest BCUT2D eigenvalue weighted by Crippen LogP contribution is 1.83. The van der Waals surface area contributed by atoms with Crippen molar-refractivity contribution in [3.05, 3.63) is 6.61 Å². The highest BCUT2D eigenvalue weighted by molar-refractivity contribution is 5.68. The van der Waals surface area contributed by atoms with E-state index in [-0.39, 0.29) is 6.61 Å². The fourth-order valence-corrected chi connectivity index (χ4v) is 0.344. The van der Waals surface area contributed by atoms with Crippen LogP contribution in [0, 0.1) is 6.61 Å². The zero-order valence-corrected chi connectivity index (χ0v) is 5.87. The second-order valence-electron chi connectivity index (χ2n) is 1.53. The van der Waals surface area contributed by atoms with Gasteiger partial charge in [0.25, 0.3) is 0 Å². The predicted molar refractivity (Wildman–Crippen MR) is 34.4 cm³/mol. The molecule has 0 aromatic rings. The minimum atomic E-state index is -0.979. The van der Waals surface area contributed by atoms with E-state index in [1.165, 1.54) is 6.61 Å². The molecule has 0 spiro atoms. The molecule has 0 saturated heterocycles. The summed E-state index contributed by atoms with van der Waals surface area (Å²) in [5, 5.41) is 8.08. The number of carbonyl (C=O) groups is 1. The Morgan fingerprint density at radius 3 is 2.90 bits per heavy atom. The number of ether oxygens (including phenoxy) is 2. The Hall–Kier alpha value is -0.610. The summed E-state index contributed by atoms with van der Waals surface area (Å²) in [6, 6.07) is 0. The topological polar surface area (TPSA) is 55.8 Å². The van der Waals surface area contributed by atoms with Crippen LogP contribution < -0.4 is 0 Å². The maximum atomic E-state index is 9.85. The first-order chi connectivity index (χ1) is 4.77. The Kier molecular flexibility index (Phi) is 6.11. The summed E-state index contributed by atoms with van der Waals surface area (Å²) >= 11 is 0. The zero-order chi connectivity index (χ0) is 7.82. The molecule has 0 fully saturated rings. The molecule has 1 radical (unpaired) electrons. The van der Waals surface area contributed by atoms with Crippen molar-refractivity contribution in [1.29, 1.82) is 0 Å². The van der Waals surface area contributed by atoms with Crippen molar-refractivity contribution in [2.24, 2.45) is 0 Å². The molecular weight excluding hydrogens is 136 g/mol. The molecule has 59 valence electrons. The average molecular weight is 147 g/mol. The molecule has 0 rings (SSSR count). The highest BCUT2D eigenvalue weighted by Gasteiger charge is 1.94. The summed E-state index contributed by atoms with van der Waals surface area (Å²) < 4.78 is 9.39. The third kappa shape index (κ3) is 7.39. The van der Waals surface area contributed by atoms with Crippen LogP contribution in [0.5, 0.6) is 0 Å². The molecule has 0 aliphatic carbocycles. The van der Waals surface area contributed by atoms with Gasteiger partial charge >= 0.3 is 5.97 Å². The number of aliphatic carboxylic acids is 1. The lowest BCUT2D eigenvalue weighted by molar-refractivity contribution is -0.141. The summed E-state index contributed by atoms with van der Waals surface area (Å²) in [5.74, 6) is -0.979. The molecule has 0 aliphatic heterocycles. The Bertz CT molecular complexity index is 91.7. The largest absolute Gasteiger partial charge is 0.480 e. The van der Waals surface area contributed by atoms with Crippen LogP contribution in [-0.2, 0) is 14.3 Å². The molecule has 0 heterocycles. The first kappa shape index (κ1) is 9.39. The number of hydrogen-bond donors (Lipinski definition) is 1. The Labute approximate surface area is 59.7 Å². The lowest BCUT2D eigenvalue weighted by Crippen LogP contribution is -2.07. The summed E-state index contributed by atoms with van der Waals surface area (Å²) in [5.41, 5.74) is 0. The maximum absolute atomic E-state index is 9.85. The number of carboxylic acids is 1. The smallest absolute Gasteiger partial charge is 0.329 e. The molecule has 0 saturated carbocycles. The van der Waals surface area contributed by atoms with Gasteiger partial charge in [-0.25, -0.2) is 4.79 Å². The molecule has 0 atom stereocenters. The second kappa shape index (κ2) is 6.51. The van der Waals surface area contributed by atoms with Crippen molar-refractivity contribution in [3.63, 3.8) is 0 Å². The van der Waals surface area contributed by atoms with Crippen molar-refractivity contribution in [1.82, 2.24) is 0 Å². The van der Waals surface area contributed by atoms with E-state index in [2.05, 4.69) is 4.74 Å². The lowest BCUT2D eigenvalue weighted by atomic mass is 10.7. The van der Waals surface area contributed by atoms with Gasteiger partial charge in [0.15, 0.2) is 0 Å². The van der Waals surface area contributed by atoms with Gasteiger partial charge in [0, 0.05) is 6.61 Å². The van der Waals surface area contributed by atoms with Gasteiger partial charge in [-0.2, -0.15) is 0 Å². The molecular formula is C6H11O4. The predicted octanol–water partition coefficient (Wildman–Crippen LogP) is 0.286. The highest BCUT2D eigenvalue weighted by atomic mass is 16.5. The second-order valence-corrected chi connectivity index (χ2v) is 1.53. The number of carboxylic acid groups (broad SMARTS) is 1. The van der Waals surface area contributed by atoms with Gasteiger partial charge in [-0.15, -0.1) is 0 Å². The summed E-state index contributed by atoms with van der Waals surface area (Å²) in [7, 11) is 0. The lowest BCUT2D eigenvalue weighted by Gasteiger charge is -1.98. The number of rotatable bonds is 6. The number of hydrogen-bond acceptors (Lipinski definition) is 3. The fraction of sp³-hybridized carbons (Fsp3) is 0.667. The van der Waals surface area contributed by atoms with Gasteiger partial charge in [-0.1, -0.05) is 0 Å². The van der Waals surface area contributed by atoms with E-state index in [9.17, 15) is 4.79 Å². The van der Waals surface area contributed by atoms with Crippen LogP contribution in [0.3, 0.4) is 0 Å². The van der Waals surface area contributed by atoms with Crippen molar-refractivity contribution in [2.75, 3.05) is 19.8 Å². The molecule has 10 heavy (non-hydrogen) atoms. The fourth-order valence-electron chi connectivity index (χ4n) is 0.344. The normalized spacial score (nSPS) is 9.70. The van der Waals surface area contributed by atoms with Crippen LogP contribution in [-0.4, -0.2) is 30.9 Å². The van der Waals surface area contributed by atoms with E-state index in [0.29, 0.717) is 13.2 Å². The van der Waals surface area contributed by atoms with Gasteiger partial charge in [-0.3, -0.25) is 0 Å². The standard InChI is InChI=1S/C6H11O4/c1-2-9-3-4-10-5-6(7)8/h4H,2-3,5H2,1H3,(H,7,8). The maximum Gasteiger partial charge on any atom is 0.329 e. The molecule has 0 bridgehead atoms. The Balaban J connectivity index is 2.84. The molecule has 0 aromatic carbocycles. The van der Waals surface area contributed by atoms with Crippen LogP contribution in [0.4, 0.5) is 0 Å². The summed E-state index contributed by atoms with van der Waals surface area (Å²) in [6.45, 7) is 3.83. The van der Waals surface area contributed by atoms with Gasteiger partial charge in [0.2, 0.25) is 0 Å². The quantitative estimate of drug-likeness (QED) is 0.548. The molecule has 4 heteroatoms. The zero-order valence-electron chi connectivity index (χ0n) is 5.87. The summed E-state index contributed by atoms with van der Waals surface area (Å²) in [6.07, 6.45) is 0. The average Bonchev–Trinajstić information content (AvgIpc) is 1.87. The van der Waals surface area contributed by atoms with E-state index >= 15 is 0 Å². The summed E-state index contributed by atoms with van der Waals surface area (Å²) in [4.78, 5) is 9.85. The van der Waals surface area contributed by atoms with E-state index in [0.717, 1.165) is 0 Å².